The Morgan fingerprint density at radius 1 is 0.215 bits per heavy atom. The molecule has 0 spiro atoms. The van der Waals surface area contributed by atoms with E-state index in [0.29, 0.717) is 34.5 Å². The van der Waals surface area contributed by atoms with E-state index < -0.39 is 8.60 Å². The van der Waals surface area contributed by atoms with Gasteiger partial charge in [0.05, 0.1) is 0 Å². The standard InChI is InChI=1S/3C23H32O2.H3O3P/c3*1-21(2,3)17-13-15(9-11-19(17)24)23(7,8)16-10-12-20(25)18(14-16)22(4,5)6;1-4(2)3/h3*9-14,24-25H,1-8H3;1-3H. The number of aromatic hydroxyl groups is 6. The third-order valence-electron chi connectivity index (χ3n) is 15.2. The lowest BCUT2D eigenvalue weighted by Crippen LogP contribution is -2.22. The number of phenolic OH excluding ortho intramolecular Hbond substituents is 6. The maximum atomic E-state index is 10.3. The summed E-state index contributed by atoms with van der Waals surface area (Å²) in [7, 11) is -2.62. The normalized spacial score (nSPS) is 12.9. The van der Waals surface area contributed by atoms with Gasteiger partial charge in [-0.05, 0) is 136 Å². The molecule has 9 nitrogen and oxygen atoms in total. The second kappa shape index (κ2) is 24.3. The molecule has 0 atom stereocenters. The molecule has 0 saturated carbocycles. The van der Waals surface area contributed by atoms with E-state index in [1.807, 2.05) is 36.4 Å². The average Bonchev–Trinajstić information content (AvgIpc) is 3.27. The molecule has 0 radical (unpaired) electrons. The second-order valence-corrected chi connectivity index (χ2v) is 29.6. The summed E-state index contributed by atoms with van der Waals surface area (Å²) in [4.78, 5) is 21.7. The molecular formula is C69H99O9P. The van der Waals surface area contributed by atoms with Crippen LogP contribution in [-0.4, -0.2) is 45.3 Å². The fourth-order valence-corrected chi connectivity index (χ4v) is 9.65. The van der Waals surface area contributed by atoms with Crippen molar-refractivity contribution in [1.82, 2.24) is 0 Å². The molecule has 0 aliphatic carbocycles. The number of phenols is 6. The predicted octanol–water partition coefficient (Wildman–Crippen LogP) is 17.2. The predicted molar refractivity (Wildman–Crippen MR) is 331 cm³/mol. The summed E-state index contributed by atoms with van der Waals surface area (Å²) in [5.41, 5.74) is 11.2. The Kier molecular flexibility index (Phi) is 20.8. The highest BCUT2D eigenvalue weighted by Gasteiger charge is 2.33. The first-order valence-electron chi connectivity index (χ1n) is 27.4. The van der Waals surface area contributed by atoms with E-state index in [1.165, 1.54) is 0 Å². The number of hydrogen-bond acceptors (Lipinski definition) is 9. The second-order valence-electron chi connectivity index (χ2n) is 29.0. The van der Waals surface area contributed by atoms with Crippen LogP contribution < -0.4 is 0 Å². The van der Waals surface area contributed by atoms with Gasteiger partial charge in [-0.25, -0.2) is 0 Å². The molecular weight excluding hydrogens is 1000 g/mol. The lowest BCUT2D eigenvalue weighted by Gasteiger charge is -2.31. The average molecular weight is 1100 g/mol. The number of hydrogen-bond donors (Lipinski definition) is 9. The molecule has 6 aromatic carbocycles. The number of rotatable bonds is 6. The van der Waals surface area contributed by atoms with Crippen LogP contribution in [0.15, 0.2) is 109 Å². The van der Waals surface area contributed by atoms with Gasteiger partial charge in [0, 0.05) is 16.2 Å². The van der Waals surface area contributed by atoms with Crippen molar-refractivity contribution in [3.8, 4) is 34.5 Å². The van der Waals surface area contributed by atoms with E-state index in [2.05, 4.69) is 203 Å². The van der Waals surface area contributed by atoms with Gasteiger partial charge in [0.1, 0.15) is 34.5 Å². The Hall–Kier alpha value is -5.57. The maximum absolute atomic E-state index is 10.3. The fourth-order valence-electron chi connectivity index (χ4n) is 9.65. The van der Waals surface area contributed by atoms with Gasteiger partial charge in [-0.3, -0.25) is 0 Å². The largest absolute Gasteiger partial charge is 0.508 e. The first-order chi connectivity index (χ1) is 35.5. The van der Waals surface area contributed by atoms with Crippen molar-refractivity contribution in [2.75, 3.05) is 0 Å². The van der Waals surface area contributed by atoms with Crippen molar-refractivity contribution >= 4 is 8.60 Å². The molecule has 0 saturated heterocycles. The zero-order valence-corrected chi connectivity index (χ0v) is 53.3. The molecule has 0 aliphatic heterocycles. The highest BCUT2D eigenvalue weighted by atomic mass is 31.2. The Balaban J connectivity index is 0.000000301. The van der Waals surface area contributed by atoms with Crippen LogP contribution >= 0.6 is 8.60 Å². The summed E-state index contributed by atoms with van der Waals surface area (Å²) in [5.74, 6) is 2.05. The van der Waals surface area contributed by atoms with E-state index in [9.17, 15) is 30.6 Å². The van der Waals surface area contributed by atoms with Crippen LogP contribution in [0.25, 0.3) is 0 Å². The number of benzene rings is 6. The van der Waals surface area contributed by atoms with Gasteiger partial charge in [0.15, 0.2) is 0 Å². The molecule has 10 heteroatoms. The van der Waals surface area contributed by atoms with Gasteiger partial charge in [0.25, 0.3) is 0 Å². The van der Waals surface area contributed by atoms with Crippen LogP contribution in [0.4, 0.5) is 0 Å². The third kappa shape index (κ3) is 17.2. The summed E-state index contributed by atoms with van der Waals surface area (Å²) in [6, 6.07) is 35.4. The van der Waals surface area contributed by atoms with E-state index in [-0.39, 0.29) is 48.7 Å². The van der Waals surface area contributed by atoms with Crippen LogP contribution in [-0.2, 0) is 48.7 Å². The Bertz CT molecular complexity index is 2510. The fraction of sp³-hybridized carbons (Fsp3) is 0.478. The summed E-state index contributed by atoms with van der Waals surface area (Å²) < 4.78 is 0. The Morgan fingerprint density at radius 3 is 0.405 bits per heavy atom. The SMILES string of the molecule is CC(C)(C)c1cc(C(C)(C)c2ccc(O)c(C(C)(C)C)c2)ccc1O.CC(C)(C)c1cc(C(C)(C)c2ccc(O)c(C(C)(C)C)c2)ccc1O.CC(C)(C)c1cc(C(C)(C)c2ccc(O)c(C(C)(C)C)c2)ccc1O.OP(O)O. The lowest BCUT2D eigenvalue weighted by atomic mass is 9.73. The lowest BCUT2D eigenvalue weighted by molar-refractivity contribution is 0.368. The molecule has 434 valence electrons. The summed E-state index contributed by atoms with van der Waals surface area (Å²) >= 11 is 0. The van der Waals surface area contributed by atoms with Gasteiger partial charge in [0.2, 0.25) is 0 Å². The smallest absolute Gasteiger partial charge is 0.324 e. The van der Waals surface area contributed by atoms with Crippen LogP contribution in [0.2, 0.25) is 0 Å². The van der Waals surface area contributed by atoms with Crippen LogP contribution in [0.3, 0.4) is 0 Å². The monoisotopic (exact) mass is 1100 g/mol. The molecule has 0 bridgehead atoms. The molecule has 6 aromatic rings. The topological polar surface area (TPSA) is 182 Å². The summed E-state index contributed by atoms with van der Waals surface area (Å²) in [5, 5.41) is 61.6. The highest BCUT2D eigenvalue weighted by molar-refractivity contribution is 7.38. The van der Waals surface area contributed by atoms with Crippen molar-refractivity contribution < 1.29 is 45.3 Å². The van der Waals surface area contributed by atoms with E-state index in [4.69, 9.17) is 14.7 Å². The van der Waals surface area contributed by atoms with Gasteiger partial charge < -0.3 is 45.3 Å². The minimum Gasteiger partial charge on any atom is -0.508 e. The van der Waals surface area contributed by atoms with Gasteiger partial charge in [-0.2, -0.15) is 0 Å². The molecule has 6 rings (SSSR count). The quantitative estimate of drug-likeness (QED) is 0.0733. The first-order valence-corrected chi connectivity index (χ1v) is 28.6. The molecule has 79 heavy (non-hydrogen) atoms. The zero-order valence-electron chi connectivity index (χ0n) is 52.4. The zero-order chi connectivity index (χ0) is 61.2. The molecule has 0 aliphatic rings. The highest BCUT2D eigenvalue weighted by Crippen LogP contribution is 2.44. The van der Waals surface area contributed by atoms with E-state index in [1.54, 1.807) is 36.4 Å². The molecule has 0 aromatic heterocycles. The van der Waals surface area contributed by atoms with Gasteiger partial charge in [-0.1, -0.05) is 239 Å². The van der Waals surface area contributed by atoms with Crippen molar-refractivity contribution in [3.05, 3.63) is 176 Å². The molecule has 0 unspecified atom stereocenters. The minimum atomic E-state index is -2.62. The molecule has 0 heterocycles. The molecule has 0 amide bonds. The van der Waals surface area contributed by atoms with Crippen molar-refractivity contribution in [2.45, 2.75) is 215 Å². The van der Waals surface area contributed by atoms with E-state index in [0.717, 1.165) is 66.8 Å². The van der Waals surface area contributed by atoms with Crippen LogP contribution in [0, 0.1) is 0 Å². The summed E-state index contributed by atoms with van der Waals surface area (Å²) in [6.07, 6.45) is 0. The molecule has 9 N–H and O–H groups in total. The molecule has 0 fully saturated rings. The van der Waals surface area contributed by atoms with Gasteiger partial charge in [-0.15, -0.1) is 0 Å². The van der Waals surface area contributed by atoms with Crippen LogP contribution in [0.5, 0.6) is 34.5 Å². The maximum Gasteiger partial charge on any atom is 0.324 e. The van der Waals surface area contributed by atoms with Crippen molar-refractivity contribution in [2.24, 2.45) is 0 Å². The Morgan fingerprint density at radius 2 is 0.316 bits per heavy atom. The minimum absolute atomic E-state index is 0.123. The van der Waals surface area contributed by atoms with Crippen LogP contribution in [0.1, 0.15) is 233 Å². The summed E-state index contributed by atoms with van der Waals surface area (Å²) in [6.45, 7) is 51.1. The van der Waals surface area contributed by atoms with Crippen molar-refractivity contribution in [1.29, 1.82) is 0 Å². The third-order valence-corrected chi connectivity index (χ3v) is 15.2. The van der Waals surface area contributed by atoms with Gasteiger partial charge >= 0.3 is 8.60 Å². The Labute approximate surface area is 477 Å². The first kappa shape index (κ1) is 67.7. The van der Waals surface area contributed by atoms with Crippen molar-refractivity contribution in [3.63, 3.8) is 0 Å². The van der Waals surface area contributed by atoms with E-state index >= 15 is 0 Å².